The Balaban J connectivity index is 2.08. The van der Waals surface area contributed by atoms with E-state index in [1.165, 1.54) is 12.1 Å². The standard InChI is InChI=1S/C13H12BrFN2O/c14-11-4-13(7-17-6-11)18-8-10-1-9(5-16)2-12(15)3-10/h1-4,6-7H,5,8,16H2. The Hall–Kier alpha value is -1.46. The van der Waals surface area contributed by atoms with E-state index in [2.05, 4.69) is 20.9 Å². The van der Waals surface area contributed by atoms with E-state index in [4.69, 9.17) is 10.5 Å². The average molecular weight is 311 g/mol. The van der Waals surface area contributed by atoms with Crippen LogP contribution in [0.4, 0.5) is 4.39 Å². The molecule has 2 aromatic rings. The van der Waals surface area contributed by atoms with Crippen molar-refractivity contribution in [3.63, 3.8) is 0 Å². The molecule has 0 aliphatic carbocycles. The van der Waals surface area contributed by atoms with Crippen LogP contribution < -0.4 is 10.5 Å². The second kappa shape index (κ2) is 5.93. The number of nitrogens with zero attached hydrogens (tertiary/aromatic N) is 1. The van der Waals surface area contributed by atoms with Gasteiger partial charge in [-0.15, -0.1) is 0 Å². The van der Waals surface area contributed by atoms with Gasteiger partial charge in [0.25, 0.3) is 0 Å². The van der Waals surface area contributed by atoms with Gasteiger partial charge in [-0.3, -0.25) is 4.98 Å². The SMILES string of the molecule is NCc1cc(F)cc(COc2cncc(Br)c2)c1. The lowest BCUT2D eigenvalue weighted by Gasteiger charge is -2.07. The number of ether oxygens (including phenoxy) is 1. The van der Waals surface area contributed by atoms with Crippen LogP contribution in [-0.4, -0.2) is 4.98 Å². The van der Waals surface area contributed by atoms with Crippen LogP contribution in [-0.2, 0) is 13.2 Å². The molecule has 0 saturated heterocycles. The van der Waals surface area contributed by atoms with Crippen molar-refractivity contribution in [3.05, 3.63) is 58.1 Å². The molecular weight excluding hydrogens is 299 g/mol. The molecule has 1 heterocycles. The largest absolute Gasteiger partial charge is 0.487 e. The number of pyridine rings is 1. The highest BCUT2D eigenvalue weighted by atomic mass is 79.9. The van der Waals surface area contributed by atoms with E-state index >= 15 is 0 Å². The lowest BCUT2D eigenvalue weighted by atomic mass is 10.1. The maximum atomic E-state index is 13.3. The Morgan fingerprint density at radius 2 is 1.94 bits per heavy atom. The fourth-order valence-electron chi connectivity index (χ4n) is 1.56. The first-order chi connectivity index (χ1) is 8.67. The number of hydrogen-bond donors (Lipinski definition) is 1. The van der Waals surface area contributed by atoms with Gasteiger partial charge in [-0.2, -0.15) is 0 Å². The minimum Gasteiger partial charge on any atom is -0.487 e. The number of benzene rings is 1. The van der Waals surface area contributed by atoms with Gasteiger partial charge in [0.2, 0.25) is 0 Å². The summed E-state index contributed by atoms with van der Waals surface area (Å²) in [5.74, 6) is 0.326. The molecule has 5 heteroatoms. The minimum absolute atomic E-state index is 0.281. The molecule has 1 aromatic heterocycles. The summed E-state index contributed by atoms with van der Waals surface area (Å²) in [6, 6.07) is 6.49. The van der Waals surface area contributed by atoms with Crippen LogP contribution in [0.1, 0.15) is 11.1 Å². The van der Waals surface area contributed by atoms with Gasteiger partial charge in [0.15, 0.2) is 0 Å². The molecule has 0 bridgehead atoms. The van der Waals surface area contributed by atoms with Crippen LogP contribution in [0.3, 0.4) is 0 Å². The molecule has 0 amide bonds. The molecule has 1 aromatic carbocycles. The molecule has 0 spiro atoms. The van der Waals surface area contributed by atoms with E-state index in [-0.39, 0.29) is 12.4 Å². The van der Waals surface area contributed by atoms with Gasteiger partial charge in [-0.25, -0.2) is 4.39 Å². The third-order valence-electron chi connectivity index (χ3n) is 2.34. The van der Waals surface area contributed by atoms with Crippen LogP contribution in [0.25, 0.3) is 0 Å². The fourth-order valence-corrected chi connectivity index (χ4v) is 1.90. The molecule has 0 aliphatic rings. The first-order valence-electron chi connectivity index (χ1n) is 5.39. The molecule has 0 atom stereocenters. The summed E-state index contributed by atoms with van der Waals surface area (Å²) >= 11 is 3.30. The van der Waals surface area contributed by atoms with Crippen LogP contribution in [0, 0.1) is 5.82 Å². The monoisotopic (exact) mass is 310 g/mol. The zero-order valence-corrected chi connectivity index (χ0v) is 11.2. The summed E-state index contributed by atoms with van der Waals surface area (Å²) in [5, 5.41) is 0. The Bertz CT molecular complexity index is 548. The predicted molar refractivity (Wildman–Crippen MR) is 70.6 cm³/mol. The van der Waals surface area contributed by atoms with Crippen molar-refractivity contribution in [1.29, 1.82) is 0 Å². The third-order valence-corrected chi connectivity index (χ3v) is 2.77. The molecule has 0 aliphatic heterocycles. The van der Waals surface area contributed by atoms with E-state index in [1.807, 2.05) is 6.07 Å². The van der Waals surface area contributed by atoms with E-state index < -0.39 is 0 Å². The number of halogens is 2. The van der Waals surface area contributed by atoms with Crippen molar-refractivity contribution >= 4 is 15.9 Å². The highest BCUT2D eigenvalue weighted by Gasteiger charge is 2.02. The quantitative estimate of drug-likeness (QED) is 0.944. The normalized spacial score (nSPS) is 10.4. The molecule has 2 rings (SSSR count). The van der Waals surface area contributed by atoms with Crippen molar-refractivity contribution in [2.45, 2.75) is 13.2 Å². The summed E-state index contributed by atoms with van der Waals surface area (Å²) in [4.78, 5) is 3.98. The second-order valence-corrected chi connectivity index (χ2v) is 4.72. The topological polar surface area (TPSA) is 48.1 Å². The highest BCUT2D eigenvalue weighted by Crippen LogP contribution is 2.18. The van der Waals surface area contributed by atoms with Gasteiger partial charge in [0.05, 0.1) is 6.20 Å². The van der Waals surface area contributed by atoms with Crippen LogP contribution >= 0.6 is 15.9 Å². The van der Waals surface area contributed by atoms with Gasteiger partial charge >= 0.3 is 0 Å². The van der Waals surface area contributed by atoms with Crippen molar-refractivity contribution < 1.29 is 9.13 Å². The molecule has 18 heavy (non-hydrogen) atoms. The van der Waals surface area contributed by atoms with Gasteiger partial charge in [-0.1, -0.05) is 6.07 Å². The summed E-state index contributed by atoms with van der Waals surface area (Å²) in [6.07, 6.45) is 3.27. The number of rotatable bonds is 4. The van der Waals surface area contributed by atoms with Crippen molar-refractivity contribution in [2.75, 3.05) is 0 Å². The molecule has 0 saturated carbocycles. The van der Waals surface area contributed by atoms with Crippen molar-refractivity contribution in [1.82, 2.24) is 4.98 Å². The van der Waals surface area contributed by atoms with Crippen molar-refractivity contribution in [2.24, 2.45) is 5.73 Å². The van der Waals surface area contributed by atoms with Crippen LogP contribution in [0.5, 0.6) is 5.75 Å². The third kappa shape index (κ3) is 3.51. The lowest BCUT2D eigenvalue weighted by molar-refractivity contribution is 0.304. The molecule has 0 unspecified atom stereocenters. The fraction of sp³-hybridized carbons (Fsp3) is 0.154. The summed E-state index contributed by atoms with van der Waals surface area (Å²) < 4.78 is 19.6. The maximum Gasteiger partial charge on any atom is 0.139 e. The van der Waals surface area contributed by atoms with E-state index in [0.717, 1.165) is 15.6 Å². The first kappa shape index (κ1) is 13.0. The first-order valence-corrected chi connectivity index (χ1v) is 6.18. The minimum atomic E-state index is -0.302. The Morgan fingerprint density at radius 3 is 2.67 bits per heavy atom. The number of nitrogens with two attached hydrogens (primary N) is 1. The molecule has 0 fully saturated rings. The second-order valence-electron chi connectivity index (χ2n) is 3.80. The van der Waals surface area contributed by atoms with E-state index in [0.29, 0.717) is 12.3 Å². The molecule has 0 radical (unpaired) electrons. The number of hydrogen-bond acceptors (Lipinski definition) is 3. The molecule has 94 valence electrons. The highest BCUT2D eigenvalue weighted by molar-refractivity contribution is 9.10. The number of aromatic nitrogens is 1. The smallest absolute Gasteiger partial charge is 0.139 e. The Morgan fingerprint density at radius 1 is 1.17 bits per heavy atom. The average Bonchev–Trinajstić information content (AvgIpc) is 2.36. The zero-order chi connectivity index (χ0) is 13.0. The molecule has 2 N–H and O–H groups in total. The van der Waals surface area contributed by atoms with Gasteiger partial charge in [0, 0.05) is 17.2 Å². The lowest BCUT2D eigenvalue weighted by Crippen LogP contribution is -2.01. The van der Waals surface area contributed by atoms with Crippen LogP contribution in [0.2, 0.25) is 0 Å². The van der Waals surface area contributed by atoms with Gasteiger partial charge in [0.1, 0.15) is 18.2 Å². The molecular formula is C13H12BrFN2O. The van der Waals surface area contributed by atoms with E-state index in [9.17, 15) is 4.39 Å². The summed E-state index contributed by atoms with van der Waals surface area (Å²) in [5.41, 5.74) is 6.99. The summed E-state index contributed by atoms with van der Waals surface area (Å²) in [7, 11) is 0. The maximum absolute atomic E-state index is 13.3. The van der Waals surface area contributed by atoms with Gasteiger partial charge < -0.3 is 10.5 Å². The zero-order valence-electron chi connectivity index (χ0n) is 9.57. The molecule has 3 nitrogen and oxygen atoms in total. The predicted octanol–water partition coefficient (Wildman–Crippen LogP) is 3.02. The Kier molecular flexibility index (Phi) is 4.28. The van der Waals surface area contributed by atoms with Crippen LogP contribution in [0.15, 0.2) is 41.1 Å². The van der Waals surface area contributed by atoms with Gasteiger partial charge in [-0.05, 0) is 45.3 Å². The van der Waals surface area contributed by atoms with E-state index in [1.54, 1.807) is 18.5 Å². The summed E-state index contributed by atoms with van der Waals surface area (Å²) in [6.45, 7) is 0.589. The van der Waals surface area contributed by atoms with Crippen molar-refractivity contribution in [3.8, 4) is 5.75 Å². The Labute approximate surface area is 113 Å².